The first-order chi connectivity index (χ1) is 16.9. The molecule has 1 aliphatic rings. The molecule has 1 saturated heterocycles. The molecule has 1 aliphatic heterocycles. The minimum atomic E-state index is -0.903. The molecule has 2 aromatic rings. The van der Waals surface area contributed by atoms with Crippen LogP contribution >= 0.6 is 11.6 Å². The van der Waals surface area contributed by atoms with Crippen LogP contribution in [-0.4, -0.2) is 56.9 Å². The number of hydrazone groups is 1. The maximum atomic E-state index is 13.2. The minimum Gasteiger partial charge on any atom is -0.493 e. The molecule has 0 unspecified atom stereocenters. The lowest BCUT2D eigenvalue weighted by Crippen LogP contribution is -2.41. The molecule has 0 saturated carbocycles. The number of halogens is 2. The van der Waals surface area contributed by atoms with Crippen molar-refractivity contribution in [2.45, 2.75) is 18.9 Å². The molecule has 1 fully saturated rings. The van der Waals surface area contributed by atoms with Gasteiger partial charge >= 0.3 is 11.8 Å². The number of benzene rings is 2. The van der Waals surface area contributed by atoms with Gasteiger partial charge in [-0.15, -0.1) is 0 Å². The summed E-state index contributed by atoms with van der Waals surface area (Å²) in [6.45, 7) is 0.586. The van der Waals surface area contributed by atoms with Gasteiger partial charge in [-0.25, -0.2) is 9.82 Å². The fraction of sp³-hybridized carbons (Fsp3) is 0.304. The molecule has 2 aromatic carbocycles. The van der Waals surface area contributed by atoms with Crippen LogP contribution in [0.2, 0.25) is 5.02 Å². The Morgan fingerprint density at radius 2 is 2.03 bits per heavy atom. The molecule has 1 heterocycles. The van der Waals surface area contributed by atoms with E-state index in [0.29, 0.717) is 23.6 Å². The third kappa shape index (κ3) is 7.94. The van der Waals surface area contributed by atoms with E-state index in [4.69, 9.17) is 25.8 Å². The molecule has 12 heteroatoms. The van der Waals surface area contributed by atoms with Gasteiger partial charge < -0.3 is 24.8 Å². The van der Waals surface area contributed by atoms with Crippen LogP contribution in [0.25, 0.3) is 0 Å². The molecule has 1 atom stereocenters. The summed E-state index contributed by atoms with van der Waals surface area (Å²) in [7, 11) is 1.42. The SMILES string of the molecule is COc1cc(/C=N\NC(=O)C(=O)NC[C@H]2CCCO2)ccc1OCC(=O)Nc1ccc(F)c(Cl)c1. The van der Waals surface area contributed by atoms with Crippen LogP contribution in [-0.2, 0) is 19.1 Å². The number of nitrogens with one attached hydrogen (secondary N) is 3. The van der Waals surface area contributed by atoms with Crippen molar-refractivity contribution in [3.05, 3.63) is 52.8 Å². The first-order valence-electron chi connectivity index (χ1n) is 10.6. The summed E-state index contributed by atoms with van der Waals surface area (Å²) >= 11 is 5.70. The van der Waals surface area contributed by atoms with E-state index in [9.17, 15) is 18.8 Å². The van der Waals surface area contributed by atoms with Crippen LogP contribution in [0.1, 0.15) is 18.4 Å². The topological polar surface area (TPSA) is 127 Å². The Balaban J connectivity index is 1.48. The highest BCUT2D eigenvalue weighted by Gasteiger charge is 2.19. The first-order valence-corrected chi connectivity index (χ1v) is 11.0. The van der Waals surface area contributed by atoms with Gasteiger partial charge in [0.2, 0.25) is 0 Å². The minimum absolute atomic E-state index is 0.0732. The van der Waals surface area contributed by atoms with Gasteiger partial charge in [-0.3, -0.25) is 14.4 Å². The average molecular weight is 507 g/mol. The fourth-order valence-electron chi connectivity index (χ4n) is 3.11. The van der Waals surface area contributed by atoms with Gasteiger partial charge in [0.25, 0.3) is 5.91 Å². The van der Waals surface area contributed by atoms with Crippen molar-refractivity contribution >= 4 is 41.2 Å². The zero-order chi connectivity index (χ0) is 25.2. The molecule has 10 nitrogen and oxygen atoms in total. The Hall–Kier alpha value is -3.70. The summed E-state index contributed by atoms with van der Waals surface area (Å²) in [6, 6.07) is 8.54. The van der Waals surface area contributed by atoms with Gasteiger partial charge in [0.15, 0.2) is 18.1 Å². The van der Waals surface area contributed by atoms with E-state index in [2.05, 4.69) is 21.2 Å². The Morgan fingerprint density at radius 3 is 2.74 bits per heavy atom. The number of hydrogen-bond acceptors (Lipinski definition) is 7. The predicted octanol–water partition coefficient (Wildman–Crippen LogP) is 2.25. The molecule has 35 heavy (non-hydrogen) atoms. The summed E-state index contributed by atoms with van der Waals surface area (Å²) < 4.78 is 29.4. The second-order valence-corrected chi connectivity index (χ2v) is 7.83. The highest BCUT2D eigenvalue weighted by molar-refractivity contribution is 6.35. The number of carbonyl (C=O) groups excluding carboxylic acids is 3. The molecular weight excluding hydrogens is 483 g/mol. The van der Waals surface area contributed by atoms with Crippen LogP contribution in [0.3, 0.4) is 0 Å². The normalized spacial score (nSPS) is 15.0. The number of hydrogen-bond donors (Lipinski definition) is 3. The van der Waals surface area contributed by atoms with Crippen molar-refractivity contribution in [1.82, 2.24) is 10.7 Å². The van der Waals surface area contributed by atoms with E-state index in [1.165, 1.54) is 25.5 Å². The molecule has 186 valence electrons. The van der Waals surface area contributed by atoms with Crippen LogP contribution in [0.15, 0.2) is 41.5 Å². The Bertz CT molecular complexity index is 1110. The van der Waals surface area contributed by atoms with Crippen LogP contribution in [0.4, 0.5) is 10.1 Å². The van der Waals surface area contributed by atoms with Crippen molar-refractivity contribution in [2.75, 3.05) is 32.2 Å². The van der Waals surface area contributed by atoms with Gasteiger partial charge in [-0.2, -0.15) is 5.10 Å². The zero-order valence-corrected chi connectivity index (χ0v) is 19.6. The quantitative estimate of drug-likeness (QED) is 0.272. The highest BCUT2D eigenvalue weighted by atomic mass is 35.5. The predicted molar refractivity (Wildman–Crippen MR) is 126 cm³/mol. The lowest BCUT2D eigenvalue weighted by Gasteiger charge is -2.12. The van der Waals surface area contributed by atoms with Crippen LogP contribution < -0.4 is 25.5 Å². The monoisotopic (exact) mass is 506 g/mol. The van der Waals surface area contributed by atoms with Gasteiger partial charge in [0.05, 0.1) is 24.5 Å². The standard InChI is InChI=1S/C23H24ClFN4O6/c1-33-20-9-14(11-27-29-23(32)22(31)26-12-16-3-2-8-34-16)4-7-19(20)35-13-21(30)28-15-5-6-18(25)17(24)10-15/h4-7,9-11,16H,2-3,8,12-13H2,1H3,(H,26,31)(H,28,30)(H,29,32)/b27-11-/t16-/m1/s1. The van der Waals surface area contributed by atoms with Crippen molar-refractivity contribution in [3.8, 4) is 11.5 Å². The van der Waals surface area contributed by atoms with Gasteiger partial charge in [0.1, 0.15) is 5.82 Å². The summed E-state index contributed by atoms with van der Waals surface area (Å²) in [6.07, 6.45) is 3.02. The van der Waals surface area contributed by atoms with Crippen LogP contribution in [0.5, 0.6) is 11.5 Å². The summed E-state index contributed by atoms with van der Waals surface area (Å²) in [5.74, 6) is -2.19. The Morgan fingerprint density at radius 1 is 1.20 bits per heavy atom. The zero-order valence-electron chi connectivity index (χ0n) is 18.8. The summed E-state index contributed by atoms with van der Waals surface area (Å²) in [4.78, 5) is 35.8. The van der Waals surface area contributed by atoms with Gasteiger partial charge in [-0.1, -0.05) is 11.6 Å². The van der Waals surface area contributed by atoms with Crippen molar-refractivity contribution in [3.63, 3.8) is 0 Å². The van der Waals surface area contributed by atoms with Gasteiger partial charge in [0, 0.05) is 18.8 Å². The first kappa shape index (κ1) is 25.9. The number of rotatable bonds is 9. The number of amides is 3. The van der Waals surface area contributed by atoms with Crippen LogP contribution in [0, 0.1) is 5.82 Å². The van der Waals surface area contributed by atoms with Crippen molar-refractivity contribution in [1.29, 1.82) is 0 Å². The largest absolute Gasteiger partial charge is 0.493 e. The maximum Gasteiger partial charge on any atom is 0.329 e. The molecule has 3 rings (SSSR count). The van der Waals surface area contributed by atoms with Crippen molar-refractivity contribution < 1.29 is 33.0 Å². The number of nitrogens with zero attached hydrogens (tertiary/aromatic N) is 1. The number of carbonyl (C=O) groups is 3. The highest BCUT2D eigenvalue weighted by Crippen LogP contribution is 2.27. The third-order valence-electron chi connectivity index (χ3n) is 4.85. The van der Waals surface area contributed by atoms with E-state index in [1.807, 2.05) is 0 Å². The smallest absolute Gasteiger partial charge is 0.329 e. The van der Waals surface area contributed by atoms with E-state index in [-0.39, 0.29) is 30.0 Å². The molecule has 0 spiro atoms. The van der Waals surface area contributed by atoms with E-state index in [1.54, 1.807) is 18.2 Å². The number of anilines is 1. The second kappa shape index (κ2) is 12.7. The molecule has 0 bridgehead atoms. The average Bonchev–Trinajstić information content (AvgIpc) is 3.37. The van der Waals surface area contributed by atoms with E-state index >= 15 is 0 Å². The number of ether oxygens (including phenoxy) is 3. The molecule has 0 aliphatic carbocycles. The lowest BCUT2D eigenvalue weighted by atomic mass is 10.2. The summed E-state index contributed by atoms with van der Waals surface area (Å²) in [5, 5.41) is 8.70. The third-order valence-corrected chi connectivity index (χ3v) is 5.14. The number of methoxy groups -OCH3 is 1. The van der Waals surface area contributed by atoms with Gasteiger partial charge in [-0.05, 0) is 54.8 Å². The molecule has 0 aromatic heterocycles. The molecule has 3 N–H and O–H groups in total. The lowest BCUT2D eigenvalue weighted by molar-refractivity contribution is -0.139. The van der Waals surface area contributed by atoms with E-state index in [0.717, 1.165) is 18.9 Å². The maximum absolute atomic E-state index is 13.2. The molecular formula is C23H24ClFN4O6. The summed E-state index contributed by atoms with van der Waals surface area (Å²) in [5.41, 5.74) is 3.02. The molecule has 3 amide bonds. The Labute approximate surface area is 205 Å². The fourth-order valence-corrected chi connectivity index (χ4v) is 3.29. The van der Waals surface area contributed by atoms with Crippen molar-refractivity contribution in [2.24, 2.45) is 5.10 Å². The molecule has 0 radical (unpaired) electrons. The Kier molecular flexibility index (Phi) is 9.39. The van der Waals surface area contributed by atoms with E-state index < -0.39 is 23.5 Å². The second-order valence-electron chi connectivity index (χ2n) is 7.42.